The molecule has 3 heteroatoms. The number of allylic oxidation sites excluding steroid dienone is 4. The van der Waals surface area contributed by atoms with E-state index in [9.17, 15) is 0 Å². The van der Waals surface area contributed by atoms with Crippen molar-refractivity contribution in [1.82, 2.24) is 0 Å². The summed E-state index contributed by atoms with van der Waals surface area (Å²) in [4.78, 5) is 0. The lowest BCUT2D eigenvalue weighted by molar-refractivity contribution is 0.243. The van der Waals surface area contributed by atoms with E-state index in [1.807, 2.05) is 6.08 Å². The molecule has 0 aliphatic heterocycles. The number of hydrogen-bond acceptors (Lipinski definition) is 2. The first-order valence-electron chi connectivity index (χ1n) is 3.45. The molecule has 0 saturated heterocycles. The fourth-order valence-electron chi connectivity index (χ4n) is 1.01. The van der Waals surface area contributed by atoms with E-state index in [1.54, 1.807) is 14.2 Å². The molecule has 0 aromatic rings. The lowest BCUT2D eigenvalue weighted by Crippen LogP contribution is -1.99. The number of rotatable bonds is 2. The Kier molecular flexibility index (Phi) is 3.23. The molecule has 0 atom stereocenters. The van der Waals surface area contributed by atoms with Gasteiger partial charge in [-0.3, -0.25) is 0 Å². The van der Waals surface area contributed by atoms with Crippen LogP contribution in [0.25, 0.3) is 0 Å². The van der Waals surface area contributed by atoms with Gasteiger partial charge in [-0.25, -0.2) is 0 Å². The first kappa shape index (κ1) is 8.90. The SMILES string of the molecule is COC1=CC(I)=C(OC)CC1. The molecular weight excluding hydrogens is 255 g/mol. The van der Waals surface area contributed by atoms with Gasteiger partial charge in [0.05, 0.1) is 23.6 Å². The van der Waals surface area contributed by atoms with E-state index in [4.69, 9.17) is 9.47 Å². The molecule has 1 aliphatic carbocycles. The van der Waals surface area contributed by atoms with Gasteiger partial charge in [0.1, 0.15) is 5.76 Å². The van der Waals surface area contributed by atoms with Gasteiger partial charge in [0.15, 0.2) is 0 Å². The Morgan fingerprint density at radius 3 is 2.45 bits per heavy atom. The maximum Gasteiger partial charge on any atom is 0.109 e. The summed E-state index contributed by atoms with van der Waals surface area (Å²) in [5.41, 5.74) is 0. The molecule has 62 valence electrons. The van der Waals surface area contributed by atoms with Crippen LogP contribution in [-0.2, 0) is 9.47 Å². The zero-order valence-electron chi connectivity index (χ0n) is 6.69. The number of hydrogen-bond donors (Lipinski definition) is 0. The van der Waals surface area contributed by atoms with Crippen LogP contribution >= 0.6 is 22.6 Å². The van der Waals surface area contributed by atoms with Crippen LogP contribution in [0.4, 0.5) is 0 Å². The highest BCUT2D eigenvalue weighted by atomic mass is 127. The second-order valence-corrected chi connectivity index (χ2v) is 3.45. The van der Waals surface area contributed by atoms with Crippen LogP contribution in [0.2, 0.25) is 0 Å². The summed E-state index contributed by atoms with van der Waals surface area (Å²) in [5.74, 6) is 2.10. The van der Waals surface area contributed by atoms with Crippen molar-refractivity contribution in [2.45, 2.75) is 12.8 Å². The van der Waals surface area contributed by atoms with Crippen molar-refractivity contribution in [3.63, 3.8) is 0 Å². The summed E-state index contributed by atoms with van der Waals surface area (Å²) < 4.78 is 11.4. The van der Waals surface area contributed by atoms with Crippen LogP contribution in [0.5, 0.6) is 0 Å². The molecule has 0 N–H and O–H groups in total. The van der Waals surface area contributed by atoms with E-state index in [0.29, 0.717) is 0 Å². The summed E-state index contributed by atoms with van der Waals surface area (Å²) in [7, 11) is 3.41. The Balaban J connectivity index is 2.76. The van der Waals surface area contributed by atoms with Crippen LogP contribution in [0.1, 0.15) is 12.8 Å². The normalized spacial score (nSPS) is 17.9. The Bertz CT molecular complexity index is 206. The lowest BCUT2D eigenvalue weighted by Gasteiger charge is -2.14. The fraction of sp³-hybridized carbons (Fsp3) is 0.500. The smallest absolute Gasteiger partial charge is 0.109 e. The summed E-state index contributed by atoms with van der Waals surface area (Å²) in [6.07, 6.45) is 3.92. The van der Waals surface area contributed by atoms with Crippen molar-refractivity contribution in [1.29, 1.82) is 0 Å². The van der Waals surface area contributed by atoms with Gasteiger partial charge in [-0.15, -0.1) is 0 Å². The number of halogens is 1. The molecule has 0 radical (unpaired) electrons. The Morgan fingerprint density at radius 1 is 1.27 bits per heavy atom. The Morgan fingerprint density at radius 2 is 2.00 bits per heavy atom. The van der Waals surface area contributed by atoms with Gasteiger partial charge in [-0.2, -0.15) is 0 Å². The third-order valence-electron chi connectivity index (χ3n) is 1.66. The average Bonchev–Trinajstić information content (AvgIpc) is 2.04. The maximum atomic E-state index is 5.17. The highest BCUT2D eigenvalue weighted by Gasteiger charge is 2.11. The van der Waals surface area contributed by atoms with Gasteiger partial charge in [-0.1, -0.05) is 0 Å². The third kappa shape index (κ3) is 2.12. The highest BCUT2D eigenvalue weighted by Crippen LogP contribution is 2.28. The zero-order chi connectivity index (χ0) is 8.27. The van der Waals surface area contributed by atoms with Gasteiger partial charge < -0.3 is 9.47 Å². The largest absolute Gasteiger partial charge is 0.501 e. The van der Waals surface area contributed by atoms with E-state index in [-0.39, 0.29) is 0 Å². The third-order valence-corrected chi connectivity index (χ3v) is 2.57. The lowest BCUT2D eigenvalue weighted by atomic mass is 10.1. The molecule has 0 aromatic carbocycles. The van der Waals surface area contributed by atoms with Crippen molar-refractivity contribution in [3.05, 3.63) is 21.2 Å². The molecule has 0 fully saturated rings. The monoisotopic (exact) mass is 266 g/mol. The molecule has 1 aliphatic rings. The second-order valence-electron chi connectivity index (χ2n) is 2.29. The molecule has 2 nitrogen and oxygen atoms in total. The van der Waals surface area contributed by atoms with E-state index in [0.717, 1.165) is 27.9 Å². The molecule has 0 saturated carbocycles. The van der Waals surface area contributed by atoms with Crippen LogP contribution in [0.3, 0.4) is 0 Å². The first-order chi connectivity index (χ1) is 5.27. The average molecular weight is 266 g/mol. The minimum Gasteiger partial charge on any atom is -0.501 e. The quantitative estimate of drug-likeness (QED) is 0.715. The van der Waals surface area contributed by atoms with E-state index >= 15 is 0 Å². The van der Waals surface area contributed by atoms with Crippen molar-refractivity contribution in [2.75, 3.05) is 14.2 Å². The molecular formula is C8H11IO2. The molecule has 0 amide bonds. The van der Waals surface area contributed by atoms with Gasteiger partial charge in [-0.05, 0) is 28.7 Å². The van der Waals surface area contributed by atoms with Crippen LogP contribution in [0, 0.1) is 0 Å². The number of methoxy groups -OCH3 is 2. The first-order valence-corrected chi connectivity index (χ1v) is 4.53. The molecule has 0 bridgehead atoms. The second kappa shape index (κ2) is 3.99. The van der Waals surface area contributed by atoms with Gasteiger partial charge in [0, 0.05) is 12.8 Å². The summed E-state index contributed by atoms with van der Waals surface area (Å²) in [6, 6.07) is 0. The number of ether oxygens (including phenoxy) is 2. The molecule has 0 heterocycles. The van der Waals surface area contributed by atoms with E-state index < -0.39 is 0 Å². The van der Waals surface area contributed by atoms with E-state index in [1.165, 1.54) is 0 Å². The van der Waals surface area contributed by atoms with Gasteiger partial charge in [0.25, 0.3) is 0 Å². The van der Waals surface area contributed by atoms with E-state index in [2.05, 4.69) is 22.6 Å². The van der Waals surface area contributed by atoms with Crippen LogP contribution < -0.4 is 0 Å². The highest BCUT2D eigenvalue weighted by molar-refractivity contribution is 14.1. The van der Waals surface area contributed by atoms with Gasteiger partial charge >= 0.3 is 0 Å². The maximum absolute atomic E-state index is 5.17. The minimum atomic E-state index is 0.951. The summed E-state index contributed by atoms with van der Waals surface area (Å²) in [5, 5.41) is 0. The summed E-state index contributed by atoms with van der Waals surface area (Å²) >= 11 is 2.26. The van der Waals surface area contributed by atoms with Crippen molar-refractivity contribution >= 4 is 22.6 Å². The van der Waals surface area contributed by atoms with Crippen molar-refractivity contribution < 1.29 is 9.47 Å². The van der Waals surface area contributed by atoms with Gasteiger partial charge in [0.2, 0.25) is 0 Å². The molecule has 0 spiro atoms. The predicted molar refractivity (Wildman–Crippen MR) is 52.4 cm³/mol. The molecule has 11 heavy (non-hydrogen) atoms. The van der Waals surface area contributed by atoms with Crippen molar-refractivity contribution in [3.8, 4) is 0 Å². The Labute approximate surface area is 80.4 Å². The van der Waals surface area contributed by atoms with Crippen LogP contribution in [0.15, 0.2) is 21.2 Å². The predicted octanol–water partition coefficient (Wildman–Crippen LogP) is 2.60. The minimum absolute atomic E-state index is 0.951. The fourth-order valence-corrected chi connectivity index (χ4v) is 1.85. The Hall–Kier alpha value is -0.190. The topological polar surface area (TPSA) is 18.5 Å². The molecule has 0 aromatic heterocycles. The zero-order valence-corrected chi connectivity index (χ0v) is 8.84. The molecule has 1 rings (SSSR count). The van der Waals surface area contributed by atoms with Crippen LogP contribution in [-0.4, -0.2) is 14.2 Å². The molecule has 0 unspecified atom stereocenters. The standard InChI is InChI=1S/C8H11IO2/c1-10-6-3-4-8(11-2)7(9)5-6/h5H,3-4H2,1-2H3. The summed E-state index contributed by atoms with van der Waals surface area (Å²) in [6.45, 7) is 0. The van der Waals surface area contributed by atoms with Crippen molar-refractivity contribution in [2.24, 2.45) is 0 Å².